The Kier molecular flexibility index (Phi) is 7.82. The van der Waals surface area contributed by atoms with Gasteiger partial charge in [0.05, 0.1) is 37.7 Å². The molecule has 4 rings (SSSR count). The summed E-state index contributed by atoms with van der Waals surface area (Å²) >= 11 is 6.93. The Bertz CT molecular complexity index is 1080. The van der Waals surface area contributed by atoms with E-state index in [1.165, 1.54) is 14.2 Å². The number of carbonyl (C=O) groups is 3. The van der Waals surface area contributed by atoms with Gasteiger partial charge in [-0.1, -0.05) is 31.9 Å². The molecule has 0 aliphatic carbocycles. The number of likely N-dealkylation sites (tertiary alicyclic amines) is 2. The maximum Gasteiger partial charge on any atom is 0.322 e. The lowest BCUT2D eigenvalue weighted by Gasteiger charge is -2.60. The monoisotopic (exact) mass is 612 g/mol. The van der Waals surface area contributed by atoms with Crippen LogP contribution in [0.2, 0.25) is 0 Å². The maximum atomic E-state index is 14.5. The van der Waals surface area contributed by atoms with Gasteiger partial charge in [0, 0.05) is 34.4 Å². The summed E-state index contributed by atoms with van der Waals surface area (Å²) in [6, 6.07) is 5.39. The number of Topliss-reactive ketones (excluding diaryl/α,β-unsaturated/α-hetero) is 1. The van der Waals surface area contributed by atoms with Gasteiger partial charge in [0.15, 0.2) is 16.6 Å². The largest absolute Gasteiger partial charge is 0.468 e. The van der Waals surface area contributed by atoms with E-state index in [0.717, 1.165) is 8.95 Å². The summed E-state index contributed by atoms with van der Waals surface area (Å²) in [6.07, 6.45) is 3.20. The zero-order valence-electron chi connectivity index (χ0n) is 19.6. The lowest BCUT2D eigenvalue weighted by atomic mass is 9.54. The van der Waals surface area contributed by atoms with E-state index in [0.29, 0.717) is 11.4 Å². The lowest BCUT2D eigenvalue weighted by molar-refractivity contribution is -0.202. The number of aromatic nitrogens is 2. The number of halogens is 2. The molecule has 2 saturated heterocycles. The number of ketones is 1. The van der Waals surface area contributed by atoms with Gasteiger partial charge in [-0.3, -0.25) is 29.3 Å². The zero-order chi connectivity index (χ0) is 24.8. The van der Waals surface area contributed by atoms with Crippen LogP contribution in [0.25, 0.3) is 0 Å². The third-order valence-corrected chi connectivity index (χ3v) is 7.73. The number of rotatable bonds is 4. The van der Waals surface area contributed by atoms with Crippen molar-refractivity contribution in [2.45, 2.75) is 12.1 Å². The Labute approximate surface area is 219 Å². The summed E-state index contributed by atoms with van der Waals surface area (Å²) in [5.41, 5.74) is -2.46. The van der Waals surface area contributed by atoms with E-state index in [1.54, 1.807) is 55.7 Å². The molecule has 0 aromatic carbocycles. The molecule has 2 bridgehead atoms. The first kappa shape index (κ1) is 27.3. The fraction of sp³-hybridized carbons (Fsp3) is 0.435. The minimum atomic E-state index is -1.72. The highest BCUT2D eigenvalue weighted by Gasteiger charge is 2.75. The molecule has 2 N–H and O–H groups in total. The lowest BCUT2D eigenvalue weighted by Crippen LogP contribution is -2.75. The van der Waals surface area contributed by atoms with Gasteiger partial charge >= 0.3 is 11.9 Å². The van der Waals surface area contributed by atoms with E-state index < -0.39 is 40.6 Å². The van der Waals surface area contributed by atoms with Crippen LogP contribution < -0.4 is 0 Å². The molecule has 10 nitrogen and oxygen atoms in total. The second-order valence-corrected chi connectivity index (χ2v) is 10.5. The maximum absolute atomic E-state index is 14.5. The molecule has 2 aliphatic heterocycles. The number of pyridine rings is 2. The van der Waals surface area contributed by atoms with Crippen molar-refractivity contribution in [1.82, 2.24) is 19.8 Å². The Morgan fingerprint density at radius 1 is 0.914 bits per heavy atom. The van der Waals surface area contributed by atoms with E-state index in [-0.39, 0.29) is 18.6 Å². The molecule has 4 atom stereocenters. The van der Waals surface area contributed by atoms with Gasteiger partial charge in [-0.2, -0.15) is 0 Å². The molecule has 35 heavy (non-hydrogen) atoms. The number of methoxy groups -OCH3 is 2. The molecule has 2 fully saturated rings. The van der Waals surface area contributed by atoms with Crippen LogP contribution in [0.5, 0.6) is 0 Å². The smallest absolute Gasteiger partial charge is 0.322 e. The molecule has 4 heterocycles. The summed E-state index contributed by atoms with van der Waals surface area (Å²) in [6.45, 7) is 0.109. The number of fused-ring (bicyclic) bond motifs is 2. The Morgan fingerprint density at radius 2 is 1.31 bits per heavy atom. The molecule has 0 radical (unpaired) electrons. The minimum Gasteiger partial charge on any atom is -0.468 e. The molecule has 188 valence electrons. The Hall–Kier alpha value is -2.25. The standard InChI is InChI=1S/C23H24Br2N4O5.H2O/c1-28-11-22(20(31)33-3)17(15-9-13(24)5-7-26-15)29(2)18(16-10-14(25)6-8-27-16)23(12-28,19(22)30)21(32)34-4;/h5-10,17-18H,11-12H2,1-4H3;1H2/t17-,18-,22-,23+;/m1./s1. The van der Waals surface area contributed by atoms with Crippen molar-refractivity contribution >= 4 is 49.6 Å². The number of piperidine rings is 2. The summed E-state index contributed by atoms with van der Waals surface area (Å²) < 4.78 is 11.9. The molecule has 0 amide bonds. The van der Waals surface area contributed by atoms with E-state index in [2.05, 4.69) is 41.8 Å². The molecule has 12 heteroatoms. The highest BCUT2D eigenvalue weighted by Crippen LogP contribution is 2.60. The minimum absolute atomic E-state index is 0. The molecular formula is C23H26Br2N4O6. The number of nitrogens with zero attached hydrogens (tertiary/aromatic N) is 4. The van der Waals surface area contributed by atoms with Crippen LogP contribution in [0.15, 0.2) is 45.6 Å². The molecule has 2 aromatic rings. The second-order valence-electron chi connectivity index (χ2n) is 8.70. The van der Waals surface area contributed by atoms with Crippen molar-refractivity contribution in [3.05, 3.63) is 57.0 Å². The van der Waals surface area contributed by atoms with Gasteiger partial charge in [-0.05, 0) is 38.4 Å². The quantitative estimate of drug-likeness (QED) is 0.373. The average molecular weight is 614 g/mol. The van der Waals surface area contributed by atoms with E-state index in [1.807, 2.05) is 4.90 Å². The van der Waals surface area contributed by atoms with Crippen LogP contribution in [-0.4, -0.2) is 84.4 Å². The predicted molar refractivity (Wildman–Crippen MR) is 132 cm³/mol. The van der Waals surface area contributed by atoms with Crippen LogP contribution in [0, 0.1) is 10.8 Å². The van der Waals surface area contributed by atoms with Crippen LogP contribution >= 0.6 is 31.9 Å². The van der Waals surface area contributed by atoms with Crippen molar-refractivity contribution < 1.29 is 29.3 Å². The number of hydrogen-bond acceptors (Lipinski definition) is 9. The van der Waals surface area contributed by atoms with Crippen LogP contribution in [0.4, 0.5) is 0 Å². The third kappa shape index (κ3) is 4.01. The van der Waals surface area contributed by atoms with Gasteiger partial charge in [-0.15, -0.1) is 0 Å². The van der Waals surface area contributed by atoms with E-state index in [4.69, 9.17) is 9.47 Å². The molecule has 0 unspecified atom stereocenters. The van der Waals surface area contributed by atoms with Crippen LogP contribution in [0.1, 0.15) is 23.5 Å². The van der Waals surface area contributed by atoms with Crippen LogP contribution in [0.3, 0.4) is 0 Å². The van der Waals surface area contributed by atoms with E-state index >= 15 is 0 Å². The zero-order valence-corrected chi connectivity index (χ0v) is 22.8. The highest BCUT2D eigenvalue weighted by molar-refractivity contribution is 9.10. The predicted octanol–water partition coefficient (Wildman–Crippen LogP) is 1.74. The van der Waals surface area contributed by atoms with Gasteiger partial charge in [0.25, 0.3) is 0 Å². The fourth-order valence-electron chi connectivity index (χ4n) is 5.68. The van der Waals surface area contributed by atoms with Crippen molar-refractivity contribution in [1.29, 1.82) is 0 Å². The van der Waals surface area contributed by atoms with Crippen molar-refractivity contribution in [2.75, 3.05) is 41.4 Å². The summed E-state index contributed by atoms with van der Waals surface area (Å²) in [7, 11) is 6.02. The normalized spacial score (nSPS) is 28.7. The number of carbonyl (C=O) groups excluding carboxylic acids is 3. The SMILES string of the molecule is COC(=O)[C@@]12CN(C)C[C@@](C(=O)OC)(C1=O)[C@@H](c1cc(Br)ccn1)N(C)[C@@H]2c1cc(Br)ccn1.O. The Morgan fingerprint density at radius 3 is 1.66 bits per heavy atom. The molecular weight excluding hydrogens is 588 g/mol. The Balaban J connectivity index is 0.00000342. The topological polar surface area (TPSA) is 133 Å². The molecule has 2 aliphatic rings. The molecule has 0 spiro atoms. The summed E-state index contributed by atoms with van der Waals surface area (Å²) in [5.74, 6) is -2.00. The van der Waals surface area contributed by atoms with Gasteiger partial charge in [0.2, 0.25) is 0 Å². The summed E-state index contributed by atoms with van der Waals surface area (Å²) in [5, 5.41) is 0. The average Bonchev–Trinajstić information content (AvgIpc) is 2.80. The van der Waals surface area contributed by atoms with Crippen LogP contribution in [-0.2, 0) is 23.9 Å². The first-order valence-corrected chi connectivity index (χ1v) is 12.1. The fourth-order valence-corrected chi connectivity index (χ4v) is 6.39. The number of hydrogen-bond donors (Lipinski definition) is 0. The van der Waals surface area contributed by atoms with Gasteiger partial charge in [0.1, 0.15) is 0 Å². The van der Waals surface area contributed by atoms with Crippen molar-refractivity contribution in [3.63, 3.8) is 0 Å². The molecule has 0 saturated carbocycles. The van der Waals surface area contributed by atoms with Gasteiger partial charge in [-0.25, -0.2) is 0 Å². The van der Waals surface area contributed by atoms with Crippen molar-refractivity contribution in [3.8, 4) is 0 Å². The third-order valence-electron chi connectivity index (χ3n) is 6.74. The first-order valence-electron chi connectivity index (χ1n) is 10.5. The van der Waals surface area contributed by atoms with E-state index in [9.17, 15) is 14.4 Å². The second kappa shape index (κ2) is 10.0. The number of esters is 2. The summed E-state index contributed by atoms with van der Waals surface area (Å²) in [4.78, 5) is 54.2. The highest BCUT2D eigenvalue weighted by atomic mass is 79.9. The molecule has 2 aromatic heterocycles. The first-order chi connectivity index (χ1) is 16.1. The van der Waals surface area contributed by atoms with Crippen molar-refractivity contribution in [2.24, 2.45) is 10.8 Å². The van der Waals surface area contributed by atoms with Gasteiger partial charge < -0.3 is 19.8 Å². The number of ether oxygens (including phenoxy) is 2.